The molecule has 1 atom stereocenters. The van der Waals surface area contributed by atoms with Crippen molar-refractivity contribution in [2.24, 2.45) is 5.73 Å². The third kappa shape index (κ3) is 3.89. The maximum Gasteiger partial charge on any atom is 0.0718 e. The molecule has 3 N–H and O–H groups in total. The summed E-state index contributed by atoms with van der Waals surface area (Å²) in [6.07, 6.45) is 1.76. The van der Waals surface area contributed by atoms with Gasteiger partial charge in [-0.25, -0.2) is 0 Å². The van der Waals surface area contributed by atoms with E-state index in [4.69, 9.17) is 5.73 Å². The molecule has 0 aliphatic carbocycles. The molecule has 0 saturated carbocycles. The van der Waals surface area contributed by atoms with Crippen LogP contribution in [0.1, 0.15) is 25.6 Å². The van der Waals surface area contributed by atoms with E-state index in [1.165, 1.54) is 0 Å². The van der Waals surface area contributed by atoms with Crippen LogP contribution in [-0.4, -0.2) is 40.7 Å². The second kappa shape index (κ2) is 5.39. The zero-order chi connectivity index (χ0) is 12.2. The van der Waals surface area contributed by atoms with Crippen molar-refractivity contribution >= 4 is 0 Å². The van der Waals surface area contributed by atoms with Crippen molar-refractivity contribution in [1.82, 2.24) is 9.88 Å². The first kappa shape index (κ1) is 13.1. The quantitative estimate of drug-likeness (QED) is 0.774. The molecule has 0 spiro atoms. The number of nitrogens with two attached hydrogens (primary N) is 1. The molecule has 0 bridgehead atoms. The molecule has 0 fully saturated rings. The molecule has 0 aliphatic heterocycles. The number of pyridine rings is 1. The monoisotopic (exact) mass is 223 g/mol. The largest absolute Gasteiger partial charge is 0.389 e. The standard InChI is InChI=1S/C12H21N3O/c1-12(2,16)9-15(3)11(8-13)10-6-4-5-7-14-10/h4-7,11,16H,8-9,13H2,1-3H3. The fourth-order valence-corrected chi connectivity index (χ4v) is 1.82. The summed E-state index contributed by atoms with van der Waals surface area (Å²) >= 11 is 0. The molecule has 1 aromatic rings. The van der Waals surface area contributed by atoms with Crippen LogP contribution in [0, 0.1) is 0 Å². The van der Waals surface area contributed by atoms with Gasteiger partial charge in [0, 0.05) is 19.3 Å². The Hall–Kier alpha value is -0.970. The van der Waals surface area contributed by atoms with Gasteiger partial charge in [-0.2, -0.15) is 0 Å². The Bertz CT molecular complexity index is 308. The van der Waals surface area contributed by atoms with Gasteiger partial charge in [-0.1, -0.05) is 6.07 Å². The molecule has 90 valence electrons. The van der Waals surface area contributed by atoms with Gasteiger partial charge in [0.25, 0.3) is 0 Å². The third-order valence-electron chi connectivity index (χ3n) is 2.42. The summed E-state index contributed by atoms with van der Waals surface area (Å²) in [5.74, 6) is 0. The number of aliphatic hydroxyl groups is 1. The summed E-state index contributed by atoms with van der Waals surface area (Å²) in [6.45, 7) is 4.63. The van der Waals surface area contributed by atoms with E-state index in [-0.39, 0.29) is 6.04 Å². The van der Waals surface area contributed by atoms with Crippen LogP contribution in [0.4, 0.5) is 0 Å². The van der Waals surface area contributed by atoms with Crippen LogP contribution in [0.15, 0.2) is 24.4 Å². The highest BCUT2D eigenvalue weighted by Gasteiger charge is 2.22. The van der Waals surface area contributed by atoms with Crippen LogP contribution in [0.25, 0.3) is 0 Å². The Kier molecular flexibility index (Phi) is 4.41. The average Bonchev–Trinajstić information content (AvgIpc) is 2.17. The van der Waals surface area contributed by atoms with E-state index in [9.17, 15) is 5.11 Å². The molecule has 4 nitrogen and oxygen atoms in total. The lowest BCUT2D eigenvalue weighted by molar-refractivity contribution is 0.0315. The minimum atomic E-state index is -0.725. The zero-order valence-electron chi connectivity index (χ0n) is 10.2. The molecular formula is C12H21N3O. The Morgan fingerprint density at radius 2 is 2.19 bits per heavy atom. The maximum absolute atomic E-state index is 9.78. The number of nitrogens with zero attached hydrogens (tertiary/aromatic N) is 2. The molecular weight excluding hydrogens is 202 g/mol. The fraction of sp³-hybridized carbons (Fsp3) is 0.583. The van der Waals surface area contributed by atoms with Gasteiger partial charge in [-0.3, -0.25) is 9.88 Å². The summed E-state index contributed by atoms with van der Waals surface area (Å²) in [5.41, 5.74) is 5.98. The smallest absolute Gasteiger partial charge is 0.0718 e. The first-order valence-electron chi connectivity index (χ1n) is 5.47. The Morgan fingerprint density at radius 1 is 1.50 bits per heavy atom. The van der Waals surface area contributed by atoms with Crippen molar-refractivity contribution in [3.8, 4) is 0 Å². The van der Waals surface area contributed by atoms with Gasteiger partial charge >= 0.3 is 0 Å². The average molecular weight is 223 g/mol. The van der Waals surface area contributed by atoms with Crippen LogP contribution in [-0.2, 0) is 0 Å². The molecule has 16 heavy (non-hydrogen) atoms. The van der Waals surface area contributed by atoms with Crippen molar-refractivity contribution < 1.29 is 5.11 Å². The second-order valence-corrected chi connectivity index (χ2v) is 4.73. The van der Waals surface area contributed by atoms with Crippen molar-refractivity contribution in [3.05, 3.63) is 30.1 Å². The van der Waals surface area contributed by atoms with Crippen LogP contribution in [0.2, 0.25) is 0 Å². The van der Waals surface area contributed by atoms with Gasteiger partial charge < -0.3 is 10.8 Å². The molecule has 0 amide bonds. The van der Waals surface area contributed by atoms with E-state index in [0.29, 0.717) is 13.1 Å². The molecule has 0 radical (unpaired) electrons. The summed E-state index contributed by atoms with van der Waals surface area (Å²) in [7, 11) is 1.95. The summed E-state index contributed by atoms with van der Waals surface area (Å²) < 4.78 is 0. The summed E-state index contributed by atoms with van der Waals surface area (Å²) in [4.78, 5) is 6.33. The van der Waals surface area contributed by atoms with Gasteiger partial charge in [-0.15, -0.1) is 0 Å². The topological polar surface area (TPSA) is 62.4 Å². The third-order valence-corrected chi connectivity index (χ3v) is 2.42. The van der Waals surface area contributed by atoms with Gasteiger partial charge in [0.2, 0.25) is 0 Å². The van der Waals surface area contributed by atoms with E-state index in [0.717, 1.165) is 5.69 Å². The predicted octanol–water partition coefficient (Wildman–Crippen LogP) is 0.784. The number of rotatable bonds is 5. The number of hydrogen-bond acceptors (Lipinski definition) is 4. The first-order valence-corrected chi connectivity index (χ1v) is 5.47. The molecule has 0 aliphatic rings. The molecule has 1 aromatic heterocycles. The highest BCUT2D eigenvalue weighted by Crippen LogP contribution is 2.17. The van der Waals surface area contributed by atoms with Gasteiger partial charge in [0.05, 0.1) is 17.3 Å². The summed E-state index contributed by atoms with van der Waals surface area (Å²) in [6, 6.07) is 5.83. The molecule has 0 aromatic carbocycles. The summed E-state index contributed by atoms with van der Waals surface area (Å²) in [5, 5.41) is 9.78. The minimum Gasteiger partial charge on any atom is -0.389 e. The van der Waals surface area contributed by atoms with E-state index in [2.05, 4.69) is 4.98 Å². The lowest BCUT2D eigenvalue weighted by Gasteiger charge is -2.31. The number of aromatic nitrogens is 1. The van der Waals surface area contributed by atoms with E-state index in [1.807, 2.05) is 30.1 Å². The van der Waals surface area contributed by atoms with Crippen molar-refractivity contribution in [2.75, 3.05) is 20.1 Å². The lowest BCUT2D eigenvalue weighted by Crippen LogP contribution is -2.41. The lowest BCUT2D eigenvalue weighted by atomic mass is 10.1. The minimum absolute atomic E-state index is 0.0487. The van der Waals surface area contributed by atoms with Crippen LogP contribution in [0.3, 0.4) is 0 Å². The Morgan fingerprint density at radius 3 is 2.62 bits per heavy atom. The first-order chi connectivity index (χ1) is 7.44. The highest BCUT2D eigenvalue weighted by atomic mass is 16.3. The number of likely N-dealkylation sites (N-methyl/N-ethyl adjacent to an activating group) is 1. The van der Waals surface area contributed by atoms with Crippen molar-refractivity contribution in [3.63, 3.8) is 0 Å². The van der Waals surface area contributed by atoms with E-state index in [1.54, 1.807) is 20.0 Å². The Labute approximate surface area is 97.1 Å². The SMILES string of the molecule is CN(CC(C)(C)O)C(CN)c1ccccn1. The Balaban J connectivity index is 2.75. The van der Waals surface area contributed by atoms with Crippen LogP contribution < -0.4 is 5.73 Å². The fourth-order valence-electron chi connectivity index (χ4n) is 1.82. The molecule has 1 heterocycles. The second-order valence-electron chi connectivity index (χ2n) is 4.73. The van der Waals surface area contributed by atoms with Gasteiger partial charge in [-0.05, 0) is 33.0 Å². The molecule has 1 unspecified atom stereocenters. The number of hydrogen-bond donors (Lipinski definition) is 2. The molecule has 4 heteroatoms. The van der Waals surface area contributed by atoms with Crippen molar-refractivity contribution in [1.29, 1.82) is 0 Å². The molecule has 1 rings (SSSR count). The van der Waals surface area contributed by atoms with Crippen LogP contribution in [0.5, 0.6) is 0 Å². The predicted molar refractivity (Wildman–Crippen MR) is 65.0 cm³/mol. The highest BCUT2D eigenvalue weighted by molar-refractivity contribution is 5.09. The maximum atomic E-state index is 9.78. The van der Waals surface area contributed by atoms with Crippen molar-refractivity contribution in [2.45, 2.75) is 25.5 Å². The van der Waals surface area contributed by atoms with E-state index >= 15 is 0 Å². The van der Waals surface area contributed by atoms with Crippen LogP contribution >= 0.6 is 0 Å². The molecule has 0 saturated heterocycles. The zero-order valence-corrected chi connectivity index (χ0v) is 10.2. The van der Waals surface area contributed by atoms with Gasteiger partial charge in [0.15, 0.2) is 0 Å². The van der Waals surface area contributed by atoms with E-state index < -0.39 is 5.60 Å². The normalized spacial score (nSPS) is 14.1. The van der Waals surface area contributed by atoms with Gasteiger partial charge in [0.1, 0.15) is 0 Å².